The molecular weight excluding hydrogens is 340 g/mol. The highest BCUT2D eigenvalue weighted by atomic mass is 32.2. The fourth-order valence-corrected chi connectivity index (χ4v) is 3.77. The molecule has 1 saturated heterocycles. The number of hydrogen-bond donors (Lipinski definition) is 1. The lowest BCUT2D eigenvalue weighted by Crippen LogP contribution is -2.51. The van der Waals surface area contributed by atoms with E-state index >= 15 is 0 Å². The van der Waals surface area contributed by atoms with Gasteiger partial charge in [-0.3, -0.25) is 4.79 Å². The summed E-state index contributed by atoms with van der Waals surface area (Å²) < 4.78 is 5.48. The molecule has 1 fully saturated rings. The highest BCUT2D eigenvalue weighted by Crippen LogP contribution is 2.30. The first-order chi connectivity index (χ1) is 12.0. The zero-order chi connectivity index (χ0) is 17.9. The Balaban J connectivity index is 1.54. The van der Waals surface area contributed by atoms with Crippen molar-refractivity contribution in [2.24, 2.45) is 0 Å². The van der Waals surface area contributed by atoms with Crippen molar-refractivity contribution in [3.8, 4) is 11.5 Å². The van der Waals surface area contributed by atoms with Gasteiger partial charge in [0.1, 0.15) is 11.8 Å². The summed E-state index contributed by atoms with van der Waals surface area (Å²) in [5, 5.41) is 9.38. The van der Waals surface area contributed by atoms with Gasteiger partial charge >= 0.3 is 5.97 Å². The topological polar surface area (TPSA) is 83.6 Å². The molecule has 0 aliphatic carbocycles. The monoisotopic (exact) mass is 360 g/mol. The van der Waals surface area contributed by atoms with Crippen LogP contribution in [0.15, 0.2) is 41.0 Å². The van der Waals surface area contributed by atoms with E-state index in [1.165, 1.54) is 16.7 Å². The number of carboxylic acid groups (broad SMARTS) is 1. The van der Waals surface area contributed by atoms with E-state index < -0.39 is 11.5 Å². The number of hydrogen-bond acceptors (Lipinski definition) is 5. The van der Waals surface area contributed by atoms with Gasteiger partial charge in [0.25, 0.3) is 0 Å². The Labute approximate surface area is 150 Å². The molecule has 25 heavy (non-hydrogen) atoms. The van der Waals surface area contributed by atoms with Crippen molar-refractivity contribution in [1.29, 1.82) is 0 Å². The molecule has 1 aliphatic rings. The van der Waals surface area contributed by atoms with Crippen molar-refractivity contribution in [3.63, 3.8) is 0 Å². The normalized spacial score (nSPS) is 20.0. The number of aromatic nitrogens is 1. The third-order valence-electron chi connectivity index (χ3n) is 4.45. The quantitative estimate of drug-likeness (QED) is 0.852. The minimum absolute atomic E-state index is 0.140. The number of benzene rings is 1. The van der Waals surface area contributed by atoms with Crippen LogP contribution in [0.2, 0.25) is 0 Å². The highest BCUT2D eigenvalue weighted by molar-refractivity contribution is 7.99. The summed E-state index contributed by atoms with van der Waals surface area (Å²) in [5.74, 6) is 0.253. The van der Waals surface area contributed by atoms with E-state index in [4.69, 9.17) is 4.42 Å². The van der Waals surface area contributed by atoms with Crippen molar-refractivity contribution in [2.45, 2.75) is 31.1 Å². The van der Waals surface area contributed by atoms with Gasteiger partial charge in [-0.2, -0.15) is 0 Å². The van der Waals surface area contributed by atoms with E-state index in [2.05, 4.69) is 4.98 Å². The molecule has 7 heteroatoms. The fourth-order valence-electron chi connectivity index (χ4n) is 2.99. The number of likely N-dealkylation sites (tertiary alicyclic amines) is 1. The van der Waals surface area contributed by atoms with Crippen LogP contribution in [-0.2, 0) is 15.3 Å². The lowest BCUT2D eigenvalue weighted by atomic mass is 9.99. The molecule has 1 unspecified atom stereocenters. The number of carboxylic acids is 1. The maximum Gasteiger partial charge on any atom is 0.329 e. The SMILES string of the molecule is CC1(C(=O)O)CCCN1C(=O)CSCc1coc(-c2ccccc2)n1. The first-order valence-electron chi connectivity index (χ1n) is 8.12. The standard InChI is InChI=1S/C18H20N2O4S/c1-18(17(22)23)8-5-9-20(18)15(21)12-25-11-14-10-24-16(19-14)13-6-3-2-4-7-13/h2-4,6-7,10H,5,8-9,11-12H2,1H3,(H,22,23). The number of thioether (sulfide) groups is 1. The number of aliphatic carboxylic acids is 1. The Kier molecular flexibility index (Phi) is 5.13. The maximum atomic E-state index is 12.4. The lowest BCUT2D eigenvalue weighted by molar-refractivity contribution is -0.154. The van der Waals surface area contributed by atoms with Gasteiger partial charge in [-0.1, -0.05) is 18.2 Å². The molecule has 0 saturated carbocycles. The highest BCUT2D eigenvalue weighted by Gasteiger charge is 2.45. The minimum Gasteiger partial charge on any atom is -0.480 e. The molecule has 1 N–H and O–H groups in total. The van der Waals surface area contributed by atoms with Crippen LogP contribution in [0.5, 0.6) is 0 Å². The first kappa shape index (κ1) is 17.5. The van der Waals surface area contributed by atoms with Gasteiger partial charge in [0.05, 0.1) is 11.4 Å². The van der Waals surface area contributed by atoms with Crippen LogP contribution in [0.1, 0.15) is 25.5 Å². The molecule has 1 aromatic heterocycles. The Hall–Kier alpha value is -2.28. The van der Waals surface area contributed by atoms with Gasteiger partial charge in [0.15, 0.2) is 0 Å². The second-order valence-electron chi connectivity index (χ2n) is 6.23. The average Bonchev–Trinajstić information content (AvgIpc) is 3.23. The van der Waals surface area contributed by atoms with Gasteiger partial charge in [0, 0.05) is 17.9 Å². The Morgan fingerprint density at radius 2 is 2.12 bits per heavy atom. The van der Waals surface area contributed by atoms with Crippen molar-refractivity contribution in [2.75, 3.05) is 12.3 Å². The summed E-state index contributed by atoms with van der Waals surface area (Å²) in [4.78, 5) is 29.7. The second-order valence-corrected chi connectivity index (χ2v) is 7.22. The number of rotatable bonds is 6. The van der Waals surface area contributed by atoms with Crippen molar-refractivity contribution >= 4 is 23.6 Å². The Morgan fingerprint density at radius 1 is 1.36 bits per heavy atom. The van der Waals surface area contributed by atoms with Crippen LogP contribution in [0.3, 0.4) is 0 Å². The van der Waals surface area contributed by atoms with Crippen molar-refractivity contribution in [1.82, 2.24) is 9.88 Å². The van der Waals surface area contributed by atoms with Crippen LogP contribution < -0.4 is 0 Å². The summed E-state index contributed by atoms with van der Waals surface area (Å²) in [7, 11) is 0. The number of nitrogens with zero attached hydrogens (tertiary/aromatic N) is 2. The van der Waals surface area contributed by atoms with Gasteiger partial charge in [0.2, 0.25) is 11.8 Å². The summed E-state index contributed by atoms with van der Waals surface area (Å²) in [6.07, 6.45) is 2.82. The van der Waals surface area contributed by atoms with E-state index in [-0.39, 0.29) is 11.7 Å². The van der Waals surface area contributed by atoms with Crippen LogP contribution in [0.25, 0.3) is 11.5 Å². The molecule has 1 amide bonds. The predicted molar refractivity (Wildman–Crippen MR) is 95.1 cm³/mol. The van der Waals surface area contributed by atoms with Gasteiger partial charge in [-0.05, 0) is 31.9 Å². The zero-order valence-corrected chi connectivity index (χ0v) is 14.8. The van der Waals surface area contributed by atoms with E-state index in [1.54, 1.807) is 13.2 Å². The lowest BCUT2D eigenvalue weighted by Gasteiger charge is -2.31. The van der Waals surface area contributed by atoms with E-state index in [9.17, 15) is 14.7 Å². The molecule has 0 radical (unpaired) electrons. The molecule has 1 atom stereocenters. The zero-order valence-electron chi connectivity index (χ0n) is 14.0. The molecule has 2 heterocycles. The van der Waals surface area contributed by atoms with E-state index in [1.807, 2.05) is 30.3 Å². The van der Waals surface area contributed by atoms with Crippen LogP contribution in [-0.4, -0.2) is 44.7 Å². The number of amides is 1. The third-order valence-corrected chi connectivity index (χ3v) is 5.40. The van der Waals surface area contributed by atoms with Gasteiger partial charge in [-0.25, -0.2) is 9.78 Å². The average molecular weight is 360 g/mol. The maximum absolute atomic E-state index is 12.4. The summed E-state index contributed by atoms with van der Waals surface area (Å²) in [6, 6.07) is 9.61. The molecule has 3 rings (SSSR count). The third kappa shape index (κ3) is 3.71. The van der Waals surface area contributed by atoms with Crippen LogP contribution in [0, 0.1) is 0 Å². The Morgan fingerprint density at radius 3 is 2.84 bits per heavy atom. The molecule has 6 nitrogen and oxygen atoms in total. The molecule has 2 aromatic rings. The summed E-state index contributed by atoms with van der Waals surface area (Å²) in [6.45, 7) is 2.12. The van der Waals surface area contributed by atoms with Gasteiger partial charge in [-0.15, -0.1) is 11.8 Å². The number of carbonyl (C=O) groups excluding carboxylic acids is 1. The molecule has 0 bridgehead atoms. The molecular formula is C18H20N2O4S. The fraction of sp³-hybridized carbons (Fsp3) is 0.389. The number of oxazole rings is 1. The predicted octanol–water partition coefficient (Wildman–Crippen LogP) is 3.04. The first-order valence-corrected chi connectivity index (χ1v) is 9.27. The largest absolute Gasteiger partial charge is 0.480 e. The molecule has 132 valence electrons. The molecule has 1 aromatic carbocycles. The van der Waals surface area contributed by atoms with Crippen molar-refractivity contribution in [3.05, 3.63) is 42.3 Å². The van der Waals surface area contributed by atoms with Crippen LogP contribution >= 0.6 is 11.8 Å². The molecule has 0 spiro atoms. The Bertz CT molecular complexity index is 761. The number of carbonyl (C=O) groups is 2. The smallest absolute Gasteiger partial charge is 0.329 e. The second kappa shape index (κ2) is 7.31. The summed E-state index contributed by atoms with van der Waals surface area (Å²) in [5.41, 5.74) is 0.592. The van der Waals surface area contributed by atoms with Gasteiger partial charge < -0.3 is 14.4 Å². The van der Waals surface area contributed by atoms with Crippen LogP contribution in [0.4, 0.5) is 0 Å². The minimum atomic E-state index is -1.08. The molecule has 1 aliphatic heterocycles. The van der Waals surface area contributed by atoms with E-state index in [0.717, 1.165) is 17.7 Å². The van der Waals surface area contributed by atoms with E-state index in [0.29, 0.717) is 24.6 Å². The summed E-state index contributed by atoms with van der Waals surface area (Å²) >= 11 is 1.42. The van der Waals surface area contributed by atoms with Crippen molar-refractivity contribution < 1.29 is 19.1 Å².